The molecule has 0 saturated carbocycles. The van der Waals surface area contributed by atoms with Crippen molar-refractivity contribution in [3.63, 3.8) is 0 Å². The number of benzene rings is 1. The Kier molecular flexibility index (Phi) is 11.7. The summed E-state index contributed by atoms with van der Waals surface area (Å²) in [5.41, 5.74) is 7.85. The number of halogens is 2. The smallest absolute Gasteiger partial charge is 0.265 e. The molecule has 0 bridgehead atoms. The quantitative estimate of drug-likeness (QED) is 0.630. The lowest BCUT2D eigenvalue weighted by atomic mass is 10.0. The van der Waals surface area contributed by atoms with Crippen molar-refractivity contribution in [2.24, 2.45) is 11.7 Å². The van der Waals surface area contributed by atoms with Gasteiger partial charge in [0.25, 0.3) is 5.91 Å². The number of rotatable bonds is 8. The van der Waals surface area contributed by atoms with Crippen LogP contribution in [0.3, 0.4) is 0 Å². The second-order valence-corrected chi connectivity index (χ2v) is 7.81. The van der Waals surface area contributed by atoms with Crippen molar-refractivity contribution in [3.05, 3.63) is 34.8 Å². The first-order chi connectivity index (χ1) is 12.3. The summed E-state index contributed by atoms with van der Waals surface area (Å²) in [7, 11) is 1.82. The number of thiazole rings is 1. The van der Waals surface area contributed by atoms with E-state index < -0.39 is 0 Å². The average Bonchev–Trinajstić information content (AvgIpc) is 3.01. The first-order valence-electron chi connectivity index (χ1n) is 9.05. The highest BCUT2D eigenvalue weighted by Crippen LogP contribution is 2.30. The molecule has 28 heavy (non-hydrogen) atoms. The molecular formula is C20H31Cl2N3O2S. The number of hydrogen-bond donors (Lipinski definition) is 1. The number of nitrogens with two attached hydrogens (primary N) is 1. The fourth-order valence-corrected chi connectivity index (χ4v) is 3.60. The number of ether oxygens (including phenoxy) is 1. The fraction of sp³-hybridized carbons (Fsp3) is 0.500. The zero-order valence-corrected chi connectivity index (χ0v) is 19.5. The summed E-state index contributed by atoms with van der Waals surface area (Å²) in [5.74, 6) is 1.25. The highest BCUT2D eigenvalue weighted by molar-refractivity contribution is 7.17. The molecule has 0 aliphatic carbocycles. The topological polar surface area (TPSA) is 68.5 Å². The van der Waals surface area contributed by atoms with Crippen LogP contribution in [0.4, 0.5) is 0 Å². The van der Waals surface area contributed by atoms with Crippen LogP contribution in [0.5, 0.6) is 5.75 Å². The predicted octanol–water partition coefficient (Wildman–Crippen LogP) is 4.81. The molecule has 0 radical (unpaired) electrons. The molecule has 8 heteroatoms. The van der Waals surface area contributed by atoms with Gasteiger partial charge < -0.3 is 15.4 Å². The summed E-state index contributed by atoms with van der Waals surface area (Å²) in [6.07, 6.45) is 0.795. The van der Waals surface area contributed by atoms with E-state index in [0.717, 1.165) is 28.4 Å². The fourth-order valence-electron chi connectivity index (χ4n) is 2.53. The number of hydrogen-bond acceptors (Lipinski definition) is 5. The van der Waals surface area contributed by atoms with Crippen LogP contribution in [-0.4, -0.2) is 42.0 Å². The van der Waals surface area contributed by atoms with Gasteiger partial charge in [0, 0.05) is 25.2 Å². The average molecular weight is 448 g/mol. The molecule has 0 saturated heterocycles. The van der Waals surface area contributed by atoms with E-state index in [1.807, 2.05) is 45.2 Å². The van der Waals surface area contributed by atoms with E-state index in [4.69, 9.17) is 10.5 Å². The summed E-state index contributed by atoms with van der Waals surface area (Å²) in [5, 5.41) is 0.848. The molecule has 0 spiro atoms. The van der Waals surface area contributed by atoms with E-state index in [1.54, 1.807) is 4.90 Å². The van der Waals surface area contributed by atoms with Gasteiger partial charge >= 0.3 is 0 Å². The van der Waals surface area contributed by atoms with Gasteiger partial charge in [-0.2, -0.15) is 0 Å². The van der Waals surface area contributed by atoms with Crippen LogP contribution < -0.4 is 10.5 Å². The molecular weight excluding hydrogens is 417 g/mol. The van der Waals surface area contributed by atoms with Crippen molar-refractivity contribution in [1.29, 1.82) is 0 Å². The van der Waals surface area contributed by atoms with Crippen LogP contribution in [-0.2, 0) is 0 Å². The van der Waals surface area contributed by atoms with Crippen molar-refractivity contribution in [2.75, 3.05) is 20.2 Å². The maximum atomic E-state index is 12.8. The zero-order valence-electron chi connectivity index (χ0n) is 17.1. The van der Waals surface area contributed by atoms with Crippen molar-refractivity contribution >= 4 is 42.1 Å². The first kappa shape index (κ1) is 26.7. The monoisotopic (exact) mass is 447 g/mol. The normalized spacial score (nSPS) is 11.4. The third-order valence-electron chi connectivity index (χ3n) is 4.40. The molecule has 1 atom stereocenters. The van der Waals surface area contributed by atoms with Crippen LogP contribution in [0.1, 0.15) is 42.6 Å². The van der Waals surface area contributed by atoms with Crippen LogP contribution in [0, 0.1) is 12.8 Å². The Bertz CT molecular complexity index is 736. The van der Waals surface area contributed by atoms with Gasteiger partial charge in [-0.05, 0) is 50.5 Å². The largest absolute Gasteiger partial charge is 0.494 e. The number of aryl methyl sites for hydroxylation is 1. The molecule has 0 aliphatic rings. The van der Waals surface area contributed by atoms with Crippen molar-refractivity contribution < 1.29 is 9.53 Å². The Hall–Kier alpha value is -1.34. The lowest BCUT2D eigenvalue weighted by molar-refractivity contribution is 0.0793. The number of amides is 1. The molecule has 1 amide bonds. The van der Waals surface area contributed by atoms with E-state index in [2.05, 4.69) is 18.8 Å². The molecule has 1 aromatic carbocycles. The van der Waals surface area contributed by atoms with Crippen LogP contribution in [0.25, 0.3) is 10.6 Å². The predicted molar refractivity (Wildman–Crippen MR) is 122 cm³/mol. The molecule has 1 unspecified atom stereocenters. The minimum Gasteiger partial charge on any atom is -0.494 e. The minimum atomic E-state index is 0. The SMILES string of the molecule is CCOc1ccc(-c2nc(C)c(C(=O)N(C)CCC(N)C(C)C)s2)cc1.Cl.Cl. The van der Waals surface area contributed by atoms with Gasteiger partial charge in [-0.1, -0.05) is 13.8 Å². The van der Waals surface area contributed by atoms with Gasteiger partial charge in [-0.3, -0.25) is 4.79 Å². The van der Waals surface area contributed by atoms with Gasteiger partial charge in [-0.25, -0.2) is 4.98 Å². The molecule has 1 heterocycles. The van der Waals surface area contributed by atoms with Gasteiger partial charge in [0.15, 0.2) is 0 Å². The summed E-state index contributed by atoms with van der Waals surface area (Å²) in [6, 6.07) is 7.91. The van der Waals surface area contributed by atoms with Gasteiger partial charge in [0.1, 0.15) is 15.6 Å². The first-order valence-corrected chi connectivity index (χ1v) is 9.86. The highest BCUT2D eigenvalue weighted by atomic mass is 35.5. The number of carbonyl (C=O) groups excluding carboxylic acids is 1. The van der Waals surface area contributed by atoms with Gasteiger partial charge in [-0.15, -0.1) is 36.2 Å². The maximum Gasteiger partial charge on any atom is 0.265 e. The molecule has 1 aromatic heterocycles. The highest BCUT2D eigenvalue weighted by Gasteiger charge is 2.20. The number of carbonyl (C=O) groups is 1. The summed E-state index contributed by atoms with van der Waals surface area (Å²) < 4.78 is 5.47. The van der Waals surface area contributed by atoms with Gasteiger partial charge in [0.05, 0.1) is 12.3 Å². The van der Waals surface area contributed by atoms with Crippen molar-refractivity contribution in [3.8, 4) is 16.3 Å². The Labute approximate surface area is 184 Å². The second kappa shape index (κ2) is 12.3. The standard InChI is InChI=1S/C20H29N3O2S.2ClH/c1-6-25-16-9-7-15(8-10-16)19-22-14(4)18(26-19)20(24)23(5)12-11-17(21)13(2)3;;/h7-10,13,17H,6,11-12,21H2,1-5H3;2*1H. The maximum absolute atomic E-state index is 12.8. The zero-order chi connectivity index (χ0) is 19.3. The molecule has 2 aromatic rings. The number of aromatic nitrogens is 1. The molecule has 0 aliphatic heterocycles. The van der Waals surface area contributed by atoms with Crippen LogP contribution in [0.2, 0.25) is 0 Å². The third-order valence-corrected chi connectivity index (χ3v) is 5.60. The third kappa shape index (κ3) is 6.92. The van der Waals surface area contributed by atoms with Crippen LogP contribution in [0.15, 0.2) is 24.3 Å². The van der Waals surface area contributed by atoms with E-state index >= 15 is 0 Å². The van der Waals surface area contributed by atoms with E-state index in [-0.39, 0.29) is 36.8 Å². The van der Waals surface area contributed by atoms with E-state index in [0.29, 0.717) is 23.9 Å². The Morgan fingerprint density at radius 3 is 2.39 bits per heavy atom. The summed E-state index contributed by atoms with van der Waals surface area (Å²) >= 11 is 1.43. The Balaban J connectivity index is 0.00000364. The molecule has 2 rings (SSSR count). The summed E-state index contributed by atoms with van der Waals surface area (Å²) in [4.78, 5) is 19.8. The second-order valence-electron chi connectivity index (χ2n) is 6.81. The summed E-state index contributed by atoms with van der Waals surface area (Å²) in [6.45, 7) is 9.33. The van der Waals surface area contributed by atoms with Gasteiger partial charge in [0.2, 0.25) is 0 Å². The van der Waals surface area contributed by atoms with E-state index in [1.165, 1.54) is 11.3 Å². The molecule has 0 fully saturated rings. The minimum absolute atomic E-state index is 0. The van der Waals surface area contributed by atoms with Crippen molar-refractivity contribution in [2.45, 2.75) is 40.2 Å². The molecule has 2 N–H and O–H groups in total. The lowest BCUT2D eigenvalue weighted by Gasteiger charge is -2.21. The molecule has 5 nitrogen and oxygen atoms in total. The number of nitrogens with zero attached hydrogens (tertiary/aromatic N) is 2. The van der Waals surface area contributed by atoms with E-state index in [9.17, 15) is 4.79 Å². The Morgan fingerprint density at radius 1 is 1.25 bits per heavy atom. The van der Waals surface area contributed by atoms with Crippen molar-refractivity contribution in [1.82, 2.24) is 9.88 Å². The molecule has 158 valence electrons. The lowest BCUT2D eigenvalue weighted by Crippen LogP contribution is -2.34. The van der Waals surface area contributed by atoms with Crippen LogP contribution >= 0.6 is 36.2 Å². The Morgan fingerprint density at radius 2 is 1.86 bits per heavy atom.